The van der Waals surface area contributed by atoms with E-state index in [4.69, 9.17) is 20.4 Å². The van der Waals surface area contributed by atoms with E-state index in [0.29, 0.717) is 6.04 Å². The number of ether oxygens (including phenoxy) is 1. The van der Waals surface area contributed by atoms with Crippen molar-refractivity contribution in [1.29, 1.82) is 0 Å². The zero-order valence-electron chi connectivity index (χ0n) is 18.8. The zero-order valence-corrected chi connectivity index (χ0v) is 18.8. The molecule has 0 radical (unpaired) electrons. The SMILES string of the molecule is Cc1ccc(C(N)=C2CNCCC2=NC2CCOCC2)c2cnc(-c3cnn(C)c3)cc12. The van der Waals surface area contributed by atoms with E-state index >= 15 is 0 Å². The standard InChI is InChI=1S/C25H30N6O/c1-16-3-4-19(21-14-28-24(11-20(16)21)17-12-29-31(2)15-17)25(26)22-13-27-8-5-23(22)30-18-6-9-32-10-7-18/h3-4,11-12,14-15,18,27H,5-10,13,26H2,1-2H3. The number of nitrogens with one attached hydrogen (secondary N) is 1. The molecule has 2 saturated heterocycles. The summed E-state index contributed by atoms with van der Waals surface area (Å²) < 4.78 is 7.30. The largest absolute Gasteiger partial charge is 0.398 e. The minimum atomic E-state index is 0.332. The number of nitrogens with zero attached hydrogens (tertiary/aromatic N) is 4. The van der Waals surface area contributed by atoms with Crippen molar-refractivity contribution in [1.82, 2.24) is 20.1 Å². The van der Waals surface area contributed by atoms with Gasteiger partial charge in [-0.1, -0.05) is 12.1 Å². The molecule has 0 spiro atoms. The number of fused-ring (bicyclic) bond motifs is 1. The number of piperidine rings is 1. The first-order valence-corrected chi connectivity index (χ1v) is 11.3. The molecule has 32 heavy (non-hydrogen) atoms. The van der Waals surface area contributed by atoms with Gasteiger partial charge in [0, 0.05) is 85.7 Å². The Morgan fingerprint density at radius 2 is 2.06 bits per heavy atom. The average Bonchev–Trinajstić information content (AvgIpc) is 3.26. The van der Waals surface area contributed by atoms with Crippen molar-refractivity contribution >= 4 is 22.2 Å². The van der Waals surface area contributed by atoms with E-state index in [0.717, 1.165) is 90.1 Å². The zero-order chi connectivity index (χ0) is 22.1. The molecular formula is C25H30N6O. The fourth-order valence-electron chi connectivity index (χ4n) is 4.59. The molecule has 0 unspecified atom stereocenters. The van der Waals surface area contributed by atoms with Crippen LogP contribution in [0.1, 0.15) is 30.4 Å². The quantitative estimate of drug-likeness (QED) is 0.666. The van der Waals surface area contributed by atoms with Crippen LogP contribution in [0.15, 0.2) is 47.4 Å². The van der Waals surface area contributed by atoms with Gasteiger partial charge in [-0.2, -0.15) is 5.10 Å². The van der Waals surface area contributed by atoms with Gasteiger partial charge < -0.3 is 15.8 Å². The first kappa shape index (κ1) is 20.8. The van der Waals surface area contributed by atoms with Gasteiger partial charge in [-0.25, -0.2) is 0 Å². The van der Waals surface area contributed by atoms with Crippen molar-refractivity contribution < 1.29 is 4.74 Å². The first-order chi connectivity index (χ1) is 15.6. The number of benzene rings is 1. The topological polar surface area (TPSA) is 90.3 Å². The van der Waals surface area contributed by atoms with Crippen molar-refractivity contribution in [3.63, 3.8) is 0 Å². The number of aromatic nitrogens is 3. The van der Waals surface area contributed by atoms with Crippen LogP contribution in [0.2, 0.25) is 0 Å². The Bertz CT molecular complexity index is 1200. The van der Waals surface area contributed by atoms with E-state index in [2.05, 4.69) is 35.5 Å². The average molecular weight is 431 g/mol. The van der Waals surface area contributed by atoms with Crippen LogP contribution in [0.4, 0.5) is 0 Å². The van der Waals surface area contributed by atoms with Gasteiger partial charge >= 0.3 is 0 Å². The normalized spacial score (nSPS) is 20.8. The van der Waals surface area contributed by atoms with E-state index in [-0.39, 0.29) is 0 Å². The molecule has 3 aromatic rings. The molecule has 2 aliphatic heterocycles. The molecule has 0 bridgehead atoms. The van der Waals surface area contributed by atoms with Gasteiger partial charge in [0.25, 0.3) is 0 Å². The maximum absolute atomic E-state index is 6.83. The Morgan fingerprint density at radius 3 is 2.84 bits per heavy atom. The molecule has 0 atom stereocenters. The predicted octanol–water partition coefficient (Wildman–Crippen LogP) is 3.23. The molecule has 0 aliphatic carbocycles. The fourth-order valence-corrected chi connectivity index (χ4v) is 4.59. The van der Waals surface area contributed by atoms with Crippen LogP contribution in [-0.4, -0.2) is 52.8 Å². The van der Waals surface area contributed by atoms with E-state index in [1.807, 2.05) is 25.6 Å². The van der Waals surface area contributed by atoms with Crippen molar-refractivity contribution in [2.45, 2.75) is 32.2 Å². The van der Waals surface area contributed by atoms with Crippen LogP contribution in [0, 0.1) is 6.92 Å². The summed E-state index contributed by atoms with van der Waals surface area (Å²) in [5.41, 5.74) is 14.0. The van der Waals surface area contributed by atoms with Crippen LogP contribution in [-0.2, 0) is 11.8 Å². The molecule has 2 aliphatic rings. The molecule has 166 valence electrons. The third-order valence-corrected chi connectivity index (χ3v) is 6.45. The Hall–Kier alpha value is -3.03. The molecule has 5 rings (SSSR count). The summed E-state index contributed by atoms with van der Waals surface area (Å²) in [6.45, 7) is 5.39. The molecular weight excluding hydrogens is 400 g/mol. The number of hydrogen-bond donors (Lipinski definition) is 2. The summed E-state index contributed by atoms with van der Waals surface area (Å²) in [4.78, 5) is 9.85. The predicted molar refractivity (Wildman–Crippen MR) is 129 cm³/mol. The van der Waals surface area contributed by atoms with Gasteiger partial charge in [-0.05, 0) is 36.8 Å². The van der Waals surface area contributed by atoms with Crippen LogP contribution >= 0.6 is 0 Å². The summed E-state index contributed by atoms with van der Waals surface area (Å²) in [5.74, 6) is 0. The van der Waals surface area contributed by atoms with Crippen molar-refractivity contribution in [3.05, 3.63) is 53.5 Å². The van der Waals surface area contributed by atoms with Crippen molar-refractivity contribution in [2.24, 2.45) is 17.8 Å². The summed E-state index contributed by atoms with van der Waals surface area (Å²) in [7, 11) is 1.92. The fraction of sp³-hybridized carbons (Fsp3) is 0.400. The number of aryl methyl sites for hydroxylation is 2. The number of aliphatic imine (C=N–C) groups is 1. The Labute approximate surface area is 188 Å². The molecule has 2 fully saturated rings. The Kier molecular flexibility index (Phi) is 5.76. The third kappa shape index (κ3) is 4.06. The molecule has 7 heteroatoms. The number of nitrogens with two attached hydrogens (primary N) is 1. The highest BCUT2D eigenvalue weighted by molar-refractivity contribution is 6.09. The van der Waals surface area contributed by atoms with E-state index in [9.17, 15) is 0 Å². The molecule has 1 aromatic carbocycles. The Morgan fingerprint density at radius 1 is 1.22 bits per heavy atom. The smallest absolute Gasteiger partial charge is 0.0740 e. The number of hydrogen-bond acceptors (Lipinski definition) is 6. The lowest BCUT2D eigenvalue weighted by atomic mass is 9.93. The lowest BCUT2D eigenvalue weighted by molar-refractivity contribution is 0.0871. The molecule has 2 aromatic heterocycles. The van der Waals surface area contributed by atoms with Crippen LogP contribution in [0.5, 0.6) is 0 Å². The summed E-state index contributed by atoms with van der Waals surface area (Å²) in [6, 6.07) is 6.73. The van der Waals surface area contributed by atoms with E-state index in [1.54, 1.807) is 4.68 Å². The van der Waals surface area contributed by atoms with Gasteiger partial charge in [0.05, 0.1) is 17.9 Å². The highest BCUT2D eigenvalue weighted by atomic mass is 16.5. The lowest BCUT2D eigenvalue weighted by Crippen LogP contribution is -2.34. The molecule has 0 saturated carbocycles. The highest BCUT2D eigenvalue weighted by Gasteiger charge is 2.21. The summed E-state index contributed by atoms with van der Waals surface area (Å²) in [5, 5.41) is 9.98. The van der Waals surface area contributed by atoms with Crippen LogP contribution < -0.4 is 11.1 Å². The monoisotopic (exact) mass is 430 g/mol. The van der Waals surface area contributed by atoms with Gasteiger partial charge in [0.1, 0.15) is 0 Å². The molecule has 3 N–H and O–H groups in total. The lowest BCUT2D eigenvalue weighted by Gasteiger charge is -2.25. The molecule has 0 amide bonds. The second-order valence-corrected chi connectivity index (χ2v) is 8.69. The summed E-state index contributed by atoms with van der Waals surface area (Å²) >= 11 is 0. The number of rotatable bonds is 3. The molecule has 4 heterocycles. The maximum atomic E-state index is 6.83. The van der Waals surface area contributed by atoms with Gasteiger partial charge in [0.2, 0.25) is 0 Å². The maximum Gasteiger partial charge on any atom is 0.0740 e. The Balaban J connectivity index is 1.58. The van der Waals surface area contributed by atoms with Gasteiger partial charge in [-0.15, -0.1) is 0 Å². The number of pyridine rings is 1. The van der Waals surface area contributed by atoms with Crippen LogP contribution in [0.25, 0.3) is 27.7 Å². The van der Waals surface area contributed by atoms with E-state index in [1.165, 1.54) is 5.56 Å². The minimum Gasteiger partial charge on any atom is -0.398 e. The highest BCUT2D eigenvalue weighted by Crippen LogP contribution is 2.30. The summed E-state index contributed by atoms with van der Waals surface area (Å²) in [6.07, 6.45) is 8.64. The first-order valence-electron chi connectivity index (χ1n) is 11.3. The minimum absolute atomic E-state index is 0.332. The van der Waals surface area contributed by atoms with Crippen molar-refractivity contribution in [2.75, 3.05) is 26.3 Å². The van der Waals surface area contributed by atoms with E-state index < -0.39 is 0 Å². The third-order valence-electron chi connectivity index (χ3n) is 6.45. The van der Waals surface area contributed by atoms with Gasteiger partial charge in [0.15, 0.2) is 0 Å². The van der Waals surface area contributed by atoms with Gasteiger partial charge in [-0.3, -0.25) is 14.7 Å². The van der Waals surface area contributed by atoms with Crippen LogP contribution in [0.3, 0.4) is 0 Å². The second kappa shape index (κ2) is 8.84. The van der Waals surface area contributed by atoms with Crippen molar-refractivity contribution in [3.8, 4) is 11.3 Å². The molecule has 7 nitrogen and oxygen atoms in total. The second-order valence-electron chi connectivity index (χ2n) is 8.69.